The van der Waals surface area contributed by atoms with Crippen LogP contribution >= 0.6 is 11.8 Å². The number of carbonyl (C=O) groups excluding carboxylic acids is 2. The van der Waals surface area contributed by atoms with Gasteiger partial charge in [-0.05, 0) is 94.7 Å². The molecule has 6 rings (SSSR count). The third kappa shape index (κ3) is 4.88. The minimum atomic E-state index is -1.29. The van der Waals surface area contributed by atoms with Gasteiger partial charge in [0.25, 0.3) is 0 Å². The Bertz CT molecular complexity index is 1250. The molecule has 0 aromatic heterocycles. The summed E-state index contributed by atoms with van der Waals surface area (Å²) < 4.78 is 24.4. The zero-order valence-electron chi connectivity index (χ0n) is 24.8. The second kappa shape index (κ2) is 9.77. The number of nitrogens with zero attached hydrogens (tertiary/aromatic N) is 1. The van der Waals surface area contributed by atoms with E-state index >= 15 is 0 Å². The molecule has 4 aliphatic heterocycles. The van der Waals surface area contributed by atoms with Crippen molar-refractivity contribution in [2.24, 2.45) is 0 Å². The number of hydrogen-bond donors (Lipinski definition) is 0. The Morgan fingerprint density at radius 2 is 1.82 bits per heavy atom. The number of fused-ring (bicyclic) bond motifs is 3. The second-order valence-electron chi connectivity index (χ2n) is 13.9. The lowest BCUT2D eigenvalue weighted by Gasteiger charge is -2.45. The van der Waals surface area contributed by atoms with E-state index in [-0.39, 0.29) is 34.5 Å². The molecule has 0 radical (unpaired) electrons. The lowest BCUT2D eigenvalue weighted by atomic mass is 9.77. The van der Waals surface area contributed by atoms with Gasteiger partial charge in [-0.1, -0.05) is 38.6 Å². The van der Waals surface area contributed by atoms with Gasteiger partial charge in [0.2, 0.25) is 6.79 Å². The molecule has 0 N–H and O–H groups in total. The summed E-state index contributed by atoms with van der Waals surface area (Å²) in [5.41, 5.74) is 1.47. The Kier molecular flexibility index (Phi) is 6.87. The topological polar surface area (TPSA) is 74.3 Å². The maximum atomic E-state index is 14.4. The predicted molar refractivity (Wildman–Crippen MR) is 155 cm³/mol. The van der Waals surface area contributed by atoms with Gasteiger partial charge in [-0.2, -0.15) is 0 Å². The summed E-state index contributed by atoms with van der Waals surface area (Å²) >= 11 is 1.27. The van der Waals surface area contributed by atoms with Crippen molar-refractivity contribution in [1.82, 2.24) is 4.90 Å². The van der Waals surface area contributed by atoms with Crippen LogP contribution in [0.3, 0.4) is 0 Å². The first-order valence-electron chi connectivity index (χ1n) is 14.8. The molecule has 7 nitrogen and oxygen atoms in total. The molecular formula is C32H43NO6S. The molecule has 4 atom stereocenters. The SMILES string of the molecule is CC1=C[C@@]23CCCN2CCc2cc4c(cc2[C@@H]3C1OC(=O)[C@@]1(CC(=O)SC(C)(C)C)CCCC(C)(C)O1)OCO4. The van der Waals surface area contributed by atoms with Crippen molar-refractivity contribution in [3.63, 3.8) is 0 Å². The molecule has 1 unspecified atom stereocenters. The maximum absolute atomic E-state index is 14.4. The summed E-state index contributed by atoms with van der Waals surface area (Å²) in [5.74, 6) is 1.08. The Morgan fingerprint density at radius 1 is 1.07 bits per heavy atom. The van der Waals surface area contributed by atoms with Crippen LogP contribution in [0.2, 0.25) is 0 Å². The van der Waals surface area contributed by atoms with E-state index in [0.29, 0.717) is 6.42 Å². The average Bonchev–Trinajstić information content (AvgIpc) is 3.51. The van der Waals surface area contributed by atoms with Crippen LogP contribution in [0.25, 0.3) is 0 Å². The van der Waals surface area contributed by atoms with E-state index in [2.05, 4.69) is 30.0 Å². The Morgan fingerprint density at radius 3 is 2.55 bits per heavy atom. The largest absolute Gasteiger partial charge is 0.455 e. The number of rotatable bonds is 4. The molecular weight excluding hydrogens is 526 g/mol. The van der Waals surface area contributed by atoms with Crippen LogP contribution in [-0.4, -0.2) is 63.5 Å². The van der Waals surface area contributed by atoms with Crippen LogP contribution in [-0.2, 0) is 25.5 Å². The Hall–Kier alpha value is -2.03. The maximum Gasteiger partial charge on any atom is 0.339 e. The van der Waals surface area contributed by atoms with E-state index in [0.717, 1.165) is 62.3 Å². The van der Waals surface area contributed by atoms with Crippen LogP contribution in [0.5, 0.6) is 11.5 Å². The fourth-order valence-corrected chi connectivity index (χ4v) is 8.79. The highest BCUT2D eigenvalue weighted by molar-refractivity contribution is 8.14. The van der Waals surface area contributed by atoms with Gasteiger partial charge in [-0.15, -0.1) is 0 Å². The fourth-order valence-electron chi connectivity index (χ4n) is 7.81. The Labute approximate surface area is 242 Å². The van der Waals surface area contributed by atoms with Crippen molar-refractivity contribution in [3.05, 3.63) is 34.9 Å². The third-order valence-electron chi connectivity index (χ3n) is 9.27. The van der Waals surface area contributed by atoms with Crippen LogP contribution in [0.4, 0.5) is 0 Å². The van der Waals surface area contributed by atoms with Gasteiger partial charge in [0.15, 0.2) is 22.2 Å². The number of benzene rings is 1. The summed E-state index contributed by atoms with van der Waals surface area (Å²) in [6.07, 6.45) is 7.11. The quantitative estimate of drug-likeness (QED) is 0.327. The molecule has 4 heterocycles. The minimum Gasteiger partial charge on any atom is -0.455 e. The van der Waals surface area contributed by atoms with E-state index in [1.165, 1.54) is 22.9 Å². The lowest BCUT2D eigenvalue weighted by Crippen LogP contribution is -2.54. The molecule has 5 aliphatic rings. The first-order chi connectivity index (χ1) is 18.8. The second-order valence-corrected chi connectivity index (χ2v) is 15.8. The fraction of sp³-hybridized carbons (Fsp3) is 0.688. The van der Waals surface area contributed by atoms with Gasteiger partial charge in [-0.3, -0.25) is 9.69 Å². The molecule has 0 saturated carbocycles. The van der Waals surface area contributed by atoms with Gasteiger partial charge in [0, 0.05) is 17.2 Å². The molecule has 0 bridgehead atoms. The highest BCUT2D eigenvalue weighted by Gasteiger charge is 2.58. The van der Waals surface area contributed by atoms with Gasteiger partial charge < -0.3 is 18.9 Å². The van der Waals surface area contributed by atoms with E-state index < -0.39 is 23.3 Å². The number of thioether (sulfide) groups is 1. The van der Waals surface area contributed by atoms with Crippen molar-refractivity contribution in [3.8, 4) is 11.5 Å². The zero-order valence-corrected chi connectivity index (χ0v) is 25.6. The highest BCUT2D eigenvalue weighted by atomic mass is 32.2. The predicted octanol–water partition coefficient (Wildman–Crippen LogP) is 5.93. The summed E-state index contributed by atoms with van der Waals surface area (Å²) in [4.78, 5) is 30.2. The van der Waals surface area contributed by atoms with Crippen LogP contribution in [0.1, 0.15) is 97.1 Å². The average molecular weight is 570 g/mol. The van der Waals surface area contributed by atoms with E-state index in [1.54, 1.807) is 0 Å². The minimum absolute atomic E-state index is 0.0177. The molecule has 218 valence electrons. The van der Waals surface area contributed by atoms with Crippen molar-refractivity contribution >= 4 is 22.8 Å². The first-order valence-corrected chi connectivity index (χ1v) is 15.6. The molecule has 1 spiro atoms. The van der Waals surface area contributed by atoms with E-state index in [4.69, 9.17) is 18.9 Å². The van der Waals surface area contributed by atoms with Gasteiger partial charge in [0.1, 0.15) is 6.10 Å². The Balaban J connectivity index is 1.36. The highest BCUT2D eigenvalue weighted by Crippen LogP contribution is 2.56. The summed E-state index contributed by atoms with van der Waals surface area (Å²) in [6, 6.07) is 4.25. The van der Waals surface area contributed by atoms with Crippen molar-refractivity contribution in [1.29, 1.82) is 0 Å². The molecule has 8 heteroatoms. The van der Waals surface area contributed by atoms with Crippen LogP contribution < -0.4 is 9.47 Å². The molecule has 2 saturated heterocycles. The lowest BCUT2D eigenvalue weighted by molar-refractivity contribution is -0.212. The number of hydrogen-bond acceptors (Lipinski definition) is 8. The van der Waals surface area contributed by atoms with Crippen molar-refractivity contribution < 1.29 is 28.5 Å². The number of esters is 1. The summed E-state index contributed by atoms with van der Waals surface area (Å²) in [7, 11) is 0. The molecule has 1 aromatic rings. The normalized spacial score (nSPS) is 32.5. The number of carbonyl (C=O) groups is 2. The smallest absolute Gasteiger partial charge is 0.339 e. The monoisotopic (exact) mass is 569 g/mol. The molecule has 2 fully saturated rings. The molecule has 1 aliphatic carbocycles. The van der Waals surface area contributed by atoms with Gasteiger partial charge >= 0.3 is 5.97 Å². The summed E-state index contributed by atoms with van der Waals surface area (Å²) in [6.45, 7) is 14.4. The van der Waals surface area contributed by atoms with Crippen molar-refractivity contribution in [2.45, 2.75) is 120 Å². The molecule has 0 amide bonds. The van der Waals surface area contributed by atoms with Gasteiger partial charge in [0.05, 0.1) is 17.6 Å². The number of ether oxygens (including phenoxy) is 4. The standard InChI is InChI=1S/C32H43NO6S/c1-20-17-31-11-8-13-33(31)14-9-21-15-23-24(37-19-36-23)16-22(21)26(31)27(20)38-28(35)32(12-7-10-30(5,6)39-32)18-25(34)40-29(2,3)4/h15-17,26-27H,7-14,18-19H2,1-6H3/t26-,27?,31-,32+/m1/s1. The third-order valence-corrected chi connectivity index (χ3v) is 10.3. The van der Waals surface area contributed by atoms with Gasteiger partial charge in [-0.25, -0.2) is 4.79 Å². The van der Waals surface area contributed by atoms with Crippen molar-refractivity contribution in [2.75, 3.05) is 19.9 Å². The zero-order chi connectivity index (χ0) is 28.5. The van der Waals surface area contributed by atoms with Crippen LogP contribution in [0, 0.1) is 0 Å². The van der Waals surface area contributed by atoms with E-state index in [1.807, 2.05) is 34.6 Å². The first kappa shape index (κ1) is 28.1. The molecule has 40 heavy (non-hydrogen) atoms. The van der Waals surface area contributed by atoms with E-state index in [9.17, 15) is 9.59 Å². The molecule has 1 aromatic carbocycles. The van der Waals surface area contributed by atoms with Crippen LogP contribution in [0.15, 0.2) is 23.8 Å². The summed E-state index contributed by atoms with van der Waals surface area (Å²) in [5, 5.41) is -0.0354.